The Morgan fingerprint density at radius 3 is 2.66 bits per heavy atom. The lowest BCUT2D eigenvalue weighted by molar-refractivity contribution is -0.139. The van der Waals surface area contributed by atoms with Crippen LogP contribution >= 0.6 is 12.2 Å². The number of hydrogen-bond donors (Lipinski definition) is 2. The van der Waals surface area contributed by atoms with Crippen LogP contribution in [0.25, 0.3) is 0 Å². The Balaban J connectivity index is 1.80. The highest BCUT2D eigenvalue weighted by atomic mass is 32.1. The van der Waals surface area contributed by atoms with E-state index in [9.17, 15) is 9.90 Å². The molecule has 2 aromatic carbocycles. The molecule has 0 bridgehead atoms. The van der Waals surface area contributed by atoms with Crippen LogP contribution in [0.4, 0.5) is 5.69 Å². The minimum absolute atomic E-state index is 0.0344. The Bertz CT molecular complexity index is 1100. The number of thiocarbonyl (C=S) groups is 1. The van der Waals surface area contributed by atoms with Crippen LogP contribution in [-0.4, -0.2) is 43.1 Å². The van der Waals surface area contributed by atoms with Crippen molar-refractivity contribution in [3.8, 4) is 23.0 Å². The van der Waals surface area contributed by atoms with Crippen molar-refractivity contribution in [1.29, 1.82) is 0 Å². The fourth-order valence-corrected chi connectivity index (χ4v) is 4.20. The fourth-order valence-electron chi connectivity index (χ4n) is 3.83. The normalized spacial score (nSPS) is 17.7. The van der Waals surface area contributed by atoms with Gasteiger partial charge in [-0.2, -0.15) is 0 Å². The average Bonchev–Trinajstić information content (AvgIpc) is 2.78. The first-order chi connectivity index (χ1) is 15.4. The summed E-state index contributed by atoms with van der Waals surface area (Å²) in [7, 11) is 1.47. The van der Waals surface area contributed by atoms with Gasteiger partial charge in [-0.3, -0.25) is 4.90 Å². The molecule has 2 N–H and O–H groups in total. The van der Waals surface area contributed by atoms with Gasteiger partial charge >= 0.3 is 5.97 Å². The van der Waals surface area contributed by atoms with Crippen molar-refractivity contribution >= 4 is 29.0 Å². The number of aromatic hydroxyl groups is 1. The number of allylic oxidation sites excluding steroid dienone is 1. The second kappa shape index (κ2) is 8.96. The van der Waals surface area contributed by atoms with Gasteiger partial charge in [-0.05, 0) is 55.9 Å². The molecule has 2 aliphatic heterocycles. The van der Waals surface area contributed by atoms with Gasteiger partial charge in [0, 0.05) is 11.8 Å². The van der Waals surface area contributed by atoms with E-state index in [1.54, 1.807) is 30.0 Å². The van der Waals surface area contributed by atoms with E-state index < -0.39 is 12.0 Å². The molecule has 0 aliphatic carbocycles. The maximum absolute atomic E-state index is 13.0. The number of fused-ring (bicyclic) bond motifs is 1. The molecule has 0 aromatic heterocycles. The molecule has 1 atom stereocenters. The van der Waals surface area contributed by atoms with E-state index in [1.165, 1.54) is 7.11 Å². The maximum atomic E-state index is 13.0. The molecule has 9 heteroatoms. The lowest BCUT2D eigenvalue weighted by Crippen LogP contribution is -2.48. The summed E-state index contributed by atoms with van der Waals surface area (Å²) in [5, 5.41) is 13.9. The molecular weight excluding hydrogens is 432 g/mol. The van der Waals surface area contributed by atoms with Gasteiger partial charge in [0.1, 0.15) is 13.2 Å². The smallest absolute Gasteiger partial charge is 0.338 e. The molecule has 0 saturated heterocycles. The van der Waals surface area contributed by atoms with Crippen molar-refractivity contribution in [3.05, 3.63) is 53.2 Å². The first kappa shape index (κ1) is 21.8. The van der Waals surface area contributed by atoms with Crippen molar-refractivity contribution in [1.82, 2.24) is 5.32 Å². The van der Waals surface area contributed by atoms with E-state index in [2.05, 4.69) is 5.32 Å². The lowest BCUT2D eigenvalue weighted by atomic mass is 9.94. The summed E-state index contributed by atoms with van der Waals surface area (Å²) in [4.78, 5) is 14.8. The van der Waals surface area contributed by atoms with Crippen molar-refractivity contribution in [2.45, 2.75) is 19.9 Å². The van der Waals surface area contributed by atoms with Crippen LogP contribution < -0.4 is 24.4 Å². The molecule has 0 unspecified atom stereocenters. The Morgan fingerprint density at radius 2 is 1.97 bits per heavy atom. The van der Waals surface area contributed by atoms with Crippen LogP contribution in [0.15, 0.2) is 47.7 Å². The topological polar surface area (TPSA) is 89.5 Å². The SMILES string of the molecule is CCOC(=O)C1=C(C)N(c2ccc3c(c2)OCCO3)C(=S)N[C@H]1c1ccc(OC)c(O)c1. The highest BCUT2D eigenvalue weighted by Crippen LogP contribution is 2.40. The lowest BCUT2D eigenvalue weighted by Gasteiger charge is -2.38. The van der Waals surface area contributed by atoms with Crippen LogP contribution in [-0.2, 0) is 9.53 Å². The molecule has 0 radical (unpaired) electrons. The van der Waals surface area contributed by atoms with E-state index in [4.69, 9.17) is 31.2 Å². The molecule has 2 aromatic rings. The molecule has 0 spiro atoms. The van der Waals surface area contributed by atoms with Crippen LogP contribution in [0, 0.1) is 0 Å². The number of nitrogens with zero attached hydrogens (tertiary/aromatic N) is 1. The first-order valence-electron chi connectivity index (χ1n) is 10.2. The summed E-state index contributed by atoms with van der Waals surface area (Å²) in [5.41, 5.74) is 2.38. The molecule has 0 fully saturated rings. The number of nitrogens with one attached hydrogen (secondary N) is 1. The minimum Gasteiger partial charge on any atom is -0.504 e. The number of benzene rings is 2. The standard InChI is InChI=1S/C23H24N2O6S/c1-4-29-22(27)20-13(2)25(15-6-8-18-19(12-15)31-10-9-30-18)23(32)24-21(20)14-5-7-17(28-3)16(26)11-14/h5-8,11-12,21,26H,4,9-10H2,1-3H3,(H,24,32)/t21-/m0/s1. The Hall–Kier alpha value is -3.46. The van der Waals surface area contributed by atoms with Crippen molar-refractivity contribution in [3.63, 3.8) is 0 Å². The summed E-state index contributed by atoms with van der Waals surface area (Å²) < 4.78 is 21.8. The number of rotatable bonds is 5. The first-order valence-corrected chi connectivity index (χ1v) is 10.6. The Labute approximate surface area is 191 Å². The summed E-state index contributed by atoms with van der Waals surface area (Å²) in [6.45, 7) is 4.75. The average molecular weight is 457 g/mol. The van der Waals surface area contributed by atoms with Crippen LogP contribution in [0.3, 0.4) is 0 Å². The number of phenolic OH excluding ortho intramolecular Hbond substituents is 1. The predicted octanol–water partition coefficient (Wildman–Crippen LogP) is 3.44. The van der Waals surface area contributed by atoms with E-state index >= 15 is 0 Å². The third-order valence-corrected chi connectivity index (χ3v) is 5.60. The molecule has 32 heavy (non-hydrogen) atoms. The van der Waals surface area contributed by atoms with Gasteiger partial charge in [-0.15, -0.1) is 0 Å². The Kier molecular flexibility index (Phi) is 6.09. The highest BCUT2D eigenvalue weighted by Gasteiger charge is 2.36. The van der Waals surface area contributed by atoms with Gasteiger partial charge in [0.05, 0.1) is 31.0 Å². The number of methoxy groups -OCH3 is 1. The van der Waals surface area contributed by atoms with Crippen LogP contribution in [0.1, 0.15) is 25.5 Å². The summed E-state index contributed by atoms with van der Waals surface area (Å²) >= 11 is 5.67. The summed E-state index contributed by atoms with van der Waals surface area (Å²) in [6, 6.07) is 9.85. The van der Waals surface area contributed by atoms with Gasteiger partial charge in [0.15, 0.2) is 28.1 Å². The minimum atomic E-state index is -0.605. The maximum Gasteiger partial charge on any atom is 0.338 e. The Morgan fingerprint density at radius 1 is 1.22 bits per heavy atom. The zero-order valence-corrected chi connectivity index (χ0v) is 18.8. The molecule has 0 saturated carbocycles. The van der Waals surface area contributed by atoms with E-state index in [0.717, 1.165) is 5.69 Å². The number of hydrogen-bond acceptors (Lipinski definition) is 7. The number of carbonyl (C=O) groups excluding carboxylic acids is 1. The van der Waals surface area contributed by atoms with Gasteiger partial charge < -0.3 is 29.4 Å². The van der Waals surface area contributed by atoms with Crippen LogP contribution in [0.5, 0.6) is 23.0 Å². The highest BCUT2D eigenvalue weighted by molar-refractivity contribution is 7.80. The number of esters is 1. The second-order valence-electron chi connectivity index (χ2n) is 7.20. The zero-order chi connectivity index (χ0) is 22.8. The summed E-state index contributed by atoms with van der Waals surface area (Å²) in [6.07, 6.45) is 0. The molecule has 168 valence electrons. The number of phenols is 1. The van der Waals surface area contributed by atoms with Crippen molar-refractivity contribution in [2.75, 3.05) is 31.8 Å². The quantitative estimate of drug-likeness (QED) is 0.519. The molecular formula is C23H24N2O6S. The van der Waals surface area contributed by atoms with Gasteiger partial charge in [0.25, 0.3) is 0 Å². The number of ether oxygens (including phenoxy) is 4. The predicted molar refractivity (Wildman–Crippen MR) is 122 cm³/mol. The zero-order valence-electron chi connectivity index (χ0n) is 18.0. The van der Waals surface area contributed by atoms with Crippen molar-refractivity contribution < 1.29 is 28.8 Å². The molecule has 4 rings (SSSR count). The van der Waals surface area contributed by atoms with Crippen molar-refractivity contribution in [2.24, 2.45) is 0 Å². The molecule has 0 amide bonds. The summed E-state index contributed by atoms with van der Waals surface area (Å²) in [5.74, 6) is 1.11. The van der Waals surface area contributed by atoms with Gasteiger partial charge in [-0.1, -0.05) is 6.07 Å². The largest absolute Gasteiger partial charge is 0.504 e. The van der Waals surface area contributed by atoms with Gasteiger partial charge in [-0.25, -0.2) is 4.79 Å². The number of anilines is 1. The van der Waals surface area contributed by atoms with Gasteiger partial charge in [0.2, 0.25) is 0 Å². The van der Waals surface area contributed by atoms with E-state index in [-0.39, 0.29) is 12.4 Å². The van der Waals surface area contributed by atoms with E-state index in [1.807, 2.05) is 25.1 Å². The molecule has 2 aliphatic rings. The molecule has 8 nitrogen and oxygen atoms in total. The monoisotopic (exact) mass is 456 g/mol. The van der Waals surface area contributed by atoms with Crippen LogP contribution in [0.2, 0.25) is 0 Å². The third kappa shape index (κ3) is 3.91. The van der Waals surface area contributed by atoms with E-state index in [0.29, 0.717) is 52.4 Å². The number of carbonyl (C=O) groups is 1. The second-order valence-corrected chi connectivity index (χ2v) is 7.58. The molecule has 2 heterocycles. The fraction of sp³-hybridized carbons (Fsp3) is 0.304. The third-order valence-electron chi connectivity index (χ3n) is 5.30.